The van der Waals surface area contributed by atoms with Crippen LogP contribution in [-0.2, 0) is 0 Å². The lowest BCUT2D eigenvalue weighted by atomic mass is 10.1. The van der Waals surface area contributed by atoms with Gasteiger partial charge in [0.2, 0.25) is 0 Å². The fourth-order valence-electron chi connectivity index (χ4n) is 3.19. The van der Waals surface area contributed by atoms with Crippen LogP contribution in [-0.4, -0.2) is 21.6 Å². The molecule has 2 aromatic carbocycles. The fraction of sp³-hybridized carbons (Fsp3) is 0.0870. The molecular formula is C23H19ClN4O2S. The highest BCUT2D eigenvalue weighted by molar-refractivity contribution is 7.12. The van der Waals surface area contributed by atoms with Gasteiger partial charge in [0.1, 0.15) is 0 Å². The fourth-order valence-corrected chi connectivity index (χ4v) is 3.97. The molecule has 0 aliphatic carbocycles. The molecule has 6 nitrogen and oxygen atoms in total. The third-order valence-electron chi connectivity index (χ3n) is 4.61. The highest BCUT2D eigenvalue weighted by Crippen LogP contribution is 2.26. The summed E-state index contributed by atoms with van der Waals surface area (Å²) < 4.78 is 1.79. The lowest BCUT2D eigenvalue weighted by molar-refractivity contribution is 0.101. The van der Waals surface area contributed by atoms with Crippen LogP contribution in [0.5, 0.6) is 0 Å². The van der Waals surface area contributed by atoms with E-state index in [1.165, 1.54) is 11.3 Å². The summed E-state index contributed by atoms with van der Waals surface area (Å²) in [4.78, 5) is 25.9. The van der Waals surface area contributed by atoms with Crippen LogP contribution in [0.1, 0.15) is 31.4 Å². The number of halogens is 1. The topological polar surface area (TPSA) is 76.0 Å². The predicted octanol–water partition coefficient (Wildman–Crippen LogP) is 5.71. The maximum atomic E-state index is 13.0. The Balaban J connectivity index is 1.59. The summed E-state index contributed by atoms with van der Waals surface area (Å²) in [6.07, 6.45) is 0. The quantitative estimate of drug-likeness (QED) is 0.409. The Morgan fingerprint density at radius 3 is 2.42 bits per heavy atom. The van der Waals surface area contributed by atoms with Gasteiger partial charge in [-0.05, 0) is 61.7 Å². The van der Waals surface area contributed by atoms with E-state index in [1.807, 2.05) is 49.6 Å². The number of aryl methyl sites for hydroxylation is 2. The summed E-state index contributed by atoms with van der Waals surface area (Å²) in [5.41, 5.74) is 3.99. The average molecular weight is 451 g/mol. The number of rotatable bonds is 5. The molecule has 0 bridgehead atoms. The van der Waals surface area contributed by atoms with Crippen molar-refractivity contribution in [3.8, 4) is 5.69 Å². The van der Waals surface area contributed by atoms with Crippen LogP contribution in [0.25, 0.3) is 5.69 Å². The monoisotopic (exact) mass is 450 g/mol. The van der Waals surface area contributed by atoms with E-state index in [9.17, 15) is 9.59 Å². The van der Waals surface area contributed by atoms with Gasteiger partial charge < -0.3 is 10.6 Å². The van der Waals surface area contributed by atoms with E-state index in [-0.39, 0.29) is 11.8 Å². The molecule has 0 atom stereocenters. The Labute approximate surface area is 188 Å². The van der Waals surface area contributed by atoms with Crippen molar-refractivity contribution < 1.29 is 9.59 Å². The van der Waals surface area contributed by atoms with Gasteiger partial charge in [0.25, 0.3) is 11.8 Å². The Morgan fingerprint density at radius 1 is 0.935 bits per heavy atom. The van der Waals surface area contributed by atoms with Crippen molar-refractivity contribution in [1.29, 1.82) is 0 Å². The normalized spacial score (nSPS) is 10.7. The molecule has 8 heteroatoms. The number of anilines is 2. The molecule has 4 rings (SSSR count). The first kappa shape index (κ1) is 20.8. The SMILES string of the molecule is Cc1cc(C)n(-c2ccccc2NC(=O)c2ccc(Cl)c(NC(=O)c3cccs3)c2)n1. The second kappa shape index (κ2) is 8.75. The van der Waals surface area contributed by atoms with E-state index in [0.29, 0.717) is 26.8 Å². The van der Waals surface area contributed by atoms with E-state index < -0.39 is 0 Å². The minimum atomic E-state index is -0.322. The largest absolute Gasteiger partial charge is 0.320 e. The minimum Gasteiger partial charge on any atom is -0.320 e. The van der Waals surface area contributed by atoms with Gasteiger partial charge in [-0.3, -0.25) is 9.59 Å². The molecule has 156 valence electrons. The molecular weight excluding hydrogens is 432 g/mol. The van der Waals surface area contributed by atoms with Crippen LogP contribution in [0.4, 0.5) is 11.4 Å². The molecule has 0 spiro atoms. The molecule has 0 fully saturated rings. The minimum absolute atomic E-state index is 0.274. The summed E-state index contributed by atoms with van der Waals surface area (Å²) in [6.45, 7) is 3.88. The molecule has 2 N–H and O–H groups in total. The predicted molar refractivity (Wildman–Crippen MR) is 125 cm³/mol. The van der Waals surface area contributed by atoms with Gasteiger partial charge in [-0.1, -0.05) is 29.8 Å². The second-order valence-corrected chi connectivity index (χ2v) is 8.29. The molecule has 0 saturated carbocycles. The number of aromatic nitrogens is 2. The molecule has 4 aromatic rings. The zero-order chi connectivity index (χ0) is 22.0. The van der Waals surface area contributed by atoms with Crippen LogP contribution in [0.2, 0.25) is 5.02 Å². The van der Waals surface area contributed by atoms with Crippen LogP contribution >= 0.6 is 22.9 Å². The number of carbonyl (C=O) groups excluding carboxylic acids is 2. The summed E-state index contributed by atoms with van der Waals surface area (Å²) in [6, 6.07) is 17.7. The number of para-hydroxylation sites is 2. The zero-order valence-corrected chi connectivity index (χ0v) is 18.4. The molecule has 0 aliphatic rings. The molecule has 0 radical (unpaired) electrons. The van der Waals surface area contributed by atoms with Crippen molar-refractivity contribution in [2.75, 3.05) is 10.6 Å². The van der Waals surface area contributed by atoms with Gasteiger partial charge in [-0.15, -0.1) is 11.3 Å². The summed E-state index contributed by atoms with van der Waals surface area (Å²) in [7, 11) is 0. The van der Waals surface area contributed by atoms with E-state index in [1.54, 1.807) is 35.0 Å². The summed E-state index contributed by atoms with van der Waals surface area (Å²) >= 11 is 7.57. The van der Waals surface area contributed by atoms with E-state index >= 15 is 0 Å². The second-order valence-electron chi connectivity index (χ2n) is 6.94. The standard InChI is InChI=1S/C23H19ClN4O2S/c1-14-12-15(2)28(27-14)20-7-4-3-6-18(20)25-22(29)16-9-10-17(24)19(13-16)26-23(30)21-8-5-11-31-21/h3-13H,1-2H3,(H,25,29)(H,26,30). The van der Waals surface area contributed by atoms with Gasteiger partial charge in [0.15, 0.2) is 0 Å². The molecule has 0 unspecified atom stereocenters. The first-order chi connectivity index (χ1) is 14.9. The summed E-state index contributed by atoms with van der Waals surface area (Å²) in [5, 5.41) is 12.4. The molecule has 2 heterocycles. The lowest BCUT2D eigenvalue weighted by Crippen LogP contribution is -2.16. The molecule has 0 saturated heterocycles. The Hall–Kier alpha value is -3.42. The van der Waals surface area contributed by atoms with Gasteiger partial charge in [0, 0.05) is 11.3 Å². The molecule has 2 amide bonds. The highest BCUT2D eigenvalue weighted by atomic mass is 35.5. The maximum Gasteiger partial charge on any atom is 0.265 e. The van der Waals surface area contributed by atoms with Crippen molar-refractivity contribution >= 4 is 46.1 Å². The Bertz CT molecular complexity index is 1260. The van der Waals surface area contributed by atoms with Crippen LogP contribution in [0, 0.1) is 13.8 Å². The zero-order valence-electron chi connectivity index (χ0n) is 16.8. The first-order valence-corrected chi connectivity index (χ1v) is 10.8. The van der Waals surface area contributed by atoms with Crippen molar-refractivity contribution in [3.63, 3.8) is 0 Å². The summed E-state index contributed by atoms with van der Waals surface area (Å²) in [5.74, 6) is -0.596. The number of amides is 2. The van der Waals surface area contributed by atoms with Gasteiger partial charge in [0.05, 0.1) is 32.7 Å². The molecule has 31 heavy (non-hydrogen) atoms. The van der Waals surface area contributed by atoms with Gasteiger partial charge in [-0.2, -0.15) is 5.10 Å². The number of nitrogens with zero attached hydrogens (tertiary/aromatic N) is 2. The number of hydrogen-bond donors (Lipinski definition) is 2. The smallest absolute Gasteiger partial charge is 0.265 e. The highest BCUT2D eigenvalue weighted by Gasteiger charge is 2.15. The number of nitrogens with one attached hydrogen (secondary N) is 2. The van der Waals surface area contributed by atoms with Crippen LogP contribution < -0.4 is 10.6 Å². The first-order valence-electron chi connectivity index (χ1n) is 9.51. The van der Waals surface area contributed by atoms with Crippen molar-refractivity contribution in [2.24, 2.45) is 0 Å². The molecule has 0 aliphatic heterocycles. The number of benzene rings is 2. The third kappa shape index (κ3) is 4.52. The van der Waals surface area contributed by atoms with E-state index in [0.717, 1.165) is 17.1 Å². The van der Waals surface area contributed by atoms with Crippen LogP contribution in [0.3, 0.4) is 0 Å². The maximum absolute atomic E-state index is 13.0. The van der Waals surface area contributed by atoms with Crippen molar-refractivity contribution in [1.82, 2.24) is 9.78 Å². The van der Waals surface area contributed by atoms with E-state index in [2.05, 4.69) is 15.7 Å². The van der Waals surface area contributed by atoms with Crippen molar-refractivity contribution in [2.45, 2.75) is 13.8 Å². The van der Waals surface area contributed by atoms with Crippen LogP contribution in [0.15, 0.2) is 66.0 Å². The lowest BCUT2D eigenvalue weighted by Gasteiger charge is -2.13. The van der Waals surface area contributed by atoms with Crippen molar-refractivity contribution in [3.05, 3.63) is 92.9 Å². The Kier molecular flexibility index (Phi) is 5.88. The molecule has 2 aromatic heterocycles. The number of carbonyl (C=O) groups is 2. The third-order valence-corrected chi connectivity index (χ3v) is 5.81. The van der Waals surface area contributed by atoms with Gasteiger partial charge >= 0.3 is 0 Å². The number of hydrogen-bond acceptors (Lipinski definition) is 4. The van der Waals surface area contributed by atoms with Gasteiger partial charge in [-0.25, -0.2) is 4.68 Å². The Morgan fingerprint density at radius 2 is 1.71 bits per heavy atom. The number of thiophene rings is 1. The van der Waals surface area contributed by atoms with E-state index in [4.69, 9.17) is 11.6 Å². The average Bonchev–Trinajstić information content (AvgIpc) is 3.39.